The van der Waals surface area contributed by atoms with Crippen LogP contribution in [-0.4, -0.2) is 30.5 Å². The molecule has 0 aliphatic heterocycles. The van der Waals surface area contributed by atoms with Crippen molar-refractivity contribution in [1.29, 1.82) is 0 Å². The average Bonchev–Trinajstić information content (AvgIpc) is 2.95. The number of rotatable bonds is 8. The Balaban J connectivity index is 1.49. The zero-order chi connectivity index (χ0) is 27.4. The Morgan fingerprint density at radius 3 is 2.28 bits per heavy atom. The molecule has 0 bridgehead atoms. The highest BCUT2D eigenvalue weighted by atomic mass is 32.2. The van der Waals surface area contributed by atoms with Crippen LogP contribution in [0.5, 0.6) is 0 Å². The van der Waals surface area contributed by atoms with E-state index in [9.17, 15) is 13.2 Å². The second kappa shape index (κ2) is 11.0. The van der Waals surface area contributed by atoms with E-state index in [2.05, 4.69) is 15.3 Å². The molecule has 5 aromatic rings. The highest BCUT2D eigenvalue weighted by Crippen LogP contribution is 2.24. The lowest BCUT2D eigenvalue weighted by molar-refractivity contribution is 0.0984. The number of benzene rings is 4. The van der Waals surface area contributed by atoms with Crippen molar-refractivity contribution in [1.82, 2.24) is 9.97 Å². The van der Waals surface area contributed by atoms with Crippen LogP contribution < -0.4 is 10.2 Å². The van der Waals surface area contributed by atoms with Gasteiger partial charge in [0.05, 0.1) is 17.5 Å². The quantitative estimate of drug-likeness (QED) is 0.259. The van der Waals surface area contributed by atoms with Crippen LogP contribution in [0.4, 0.5) is 11.8 Å². The van der Waals surface area contributed by atoms with Gasteiger partial charge in [-0.05, 0) is 59.2 Å². The van der Waals surface area contributed by atoms with Crippen LogP contribution in [-0.2, 0) is 16.4 Å². The van der Waals surface area contributed by atoms with Crippen molar-refractivity contribution in [2.45, 2.75) is 24.4 Å². The number of fused-ring (bicyclic) bond motifs is 1. The fourth-order valence-corrected chi connectivity index (χ4v) is 4.98. The van der Waals surface area contributed by atoms with E-state index in [1.54, 1.807) is 41.4 Å². The molecule has 196 valence electrons. The van der Waals surface area contributed by atoms with E-state index in [0.29, 0.717) is 17.3 Å². The van der Waals surface area contributed by atoms with Gasteiger partial charge >= 0.3 is 0 Å². The van der Waals surface area contributed by atoms with Gasteiger partial charge in [0.2, 0.25) is 5.95 Å². The predicted octanol–water partition coefficient (Wildman–Crippen LogP) is 6.05. The van der Waals surface area contributed by atoms with Gasteiger partial charge in [-0.2, -0.15) is 4.98 Å². The Hall–Kier alpha value is -4.56. The molecular formula is C31H28N4O3S. The molecule has 5 rings (SSSR count). The molecule has 1 atom stereocenters. The van der Waals surface area contributed by atoms with Crippen molar-refractivity contribution >= 4 is 38.3 Å². The minimum absolute atomic E-state index is 0.0466. The number of hydrogen-bond acceptors (Lipinski definition) is 6. The normalized spacial score (nSPS) is 12.2. The molecule has 0 aliphatic rings. The molecule has 4 aromatic carbocycles. The molecule has 0 unspecified atom stereocenters. The van der Waals surface area contributed by atoms with Crippen molar-refractivity contribution in [3.05, 3.63) is 126 Å². The van der Waals surface area contributed by atoms with Gasteiger partial charge in [0.1, 0.15) is 5.82 Å². The molecule has 0 spiro atoms. The summed E-state index contributed by atoms with van der Waals surface area (Å²) in [5.74, 6) is 0.597. The fourth-order valence-electron chi connectivity index (χ4n) is 4.35. The highest BCUT2D eigenvalue weighted by Gasteiger charge is 2.21. The Bertz CT molecular complexity index is 1720. The molecule has 0 aliphatic carbocycles. The smallest absolute Gasteiger partial charge is 0.259 e. The summed E-state index contributed by atoms with van der Waals surface area (Å²) in [7, 11) is -3.33. The van der Waals surface area contributed by atoms with E-state index >= 15 is 0 Å². The zero-order valence-corrected chi connectivity index (χ0v) is 22.5. The van der Waals surface area contributed by atoms with Crippen molar-refractivity contribution in [2.75, 3.05) is 16.5 Å². The molecule has 1 heterocycles. The first-order valence-electron chi connectivity index (χ1n) is 12.5. The number of nitrogens with zero attached hydrogens (tertiary/aromatic N) is 3. The van der Waals surface area contributed by atoms with E-state index in [1.165, 1.54) is 6.26 Å². The number of carbonyl (C=O) groups excluding carboxylic acids is 1. The van der Waals surface area contributed by atoms with Gasteiger partial charge in [0.25, 0.3) is 5.91 Å². The standard InChI is InChI=1S/C31H28N4O3S/c1-22(24-8-4-3-5-9-24)33-31-32-19-18-29(34-31)35(21-23-12-16-28(17-13-23)39(2,37)38)30(36)27-15-14-25-10-6-7-11-26(25)20-27/h3-20,22H,21H2,1-2H3,(H,32,33,34)/t22-/m0/s1. The molecule has 8 heteroatoms. The van der Waals surface area contributed by atoms with Crippen molar-refractivity contribution in [3.63, 3.8) is 0 Å². The number of amides is 1. The fraction of sp³-hybridized carbons (Fsp3) is 0.129. The lowest BCUT2D eigenvalue weighted by atomic mass is 10.1. The van der Waals surface area contributed by atoms with Gasteiger partial charge in [0.15, 0.2) is 9.84 Å². The summed E-state index contributed by atoms with van der Waals surface area (Å²) in [6.45, 7) is 2.22. The lowest BCUT2D eigenvalue weighted by Crippen LogP contribution is -2.31. The zero-order valence-electron chi connectivity index (χ0n) is 21.7. The van der Waals surface area contributed by atoms with Gasteiger partial charge in [-0.15, -0.1) is 0 Å². The highest BCUT2D eigenvalue weighted by molar-refractivity contribution is 7.90. The molecule has 0 fully saturated rings. The summed E-state index contributed by atoms with van der Waals surface area (Å²) in [6.07, 6.45) is 2.79. The van der Waals surface area contributed by atoms with Crippen molar-refractivity contribution < 1.29 is 13.2 Å². The summed E-state index contributed by atoms with van der Waals surface area (Å²) >= 11 is 0. The van der Waals surface area contributed by atoms with Gasteiger partial charge in [-0.1, -0.05) is 72.8 Å². The second-order valence-electron chi connectivity index (χ2n) is 9.38. The summed E-state index contributed by atoms with van der Waals surface area (Å²) in [4.78, 5) is 24.8. The van der Waals surface area contributed by atoms with Gasteiger partial charge in [-0.25, -0.2) is 13.4 Å². The topological polar surface area (TPSA) is 92.3 Å². The maximum Gasteiger partial charge on any atom is 0.259 e. The summed E-state index contributed by atoms with van der Waals surface area (Å²) in [5, 5.41) is 5.32. The first-order valence-corrected chi connectivity index (χ1v) is 14.4. The second-order valence-corrected chi connectivity index (χ2v) is 11.4. The monoisotopic (exact) mass is 536 g/mol. The maximum atomic E-state index is 13.9. The molecular weight excluding hydrogens is 508 g/mol. The van der Waals surface area contributed by atoms with E-state index < -0.39 is 9.84 Å². The minimum Gasteiger partial charge on any atom is -0.348 e. The third kappa shape index (κ3) is 6.13. The Kier molecular flexibility index (Phi) is 7.38. The van der Waals surface area contributed by atoms with Crippen molar-refractivity contribution in [3.8, 4) is 0 Å². The largest absolute Gasteiger partial charge is 0.348 e. The van der Waals surface area contributed by atoms with Crippen LogP contribution in [0.25, 0.3) is 10.8 Å². The molecule has 1 N–H and O–H groups in total. The number of carbonyl (C=O) groups is 1. The maximum absolute atomic E-state index is 13.9. The van der Waals surface area contributed by atoms with Crippen LogP contribution in [0.3, 0.4) is 0 Å². The molecule has 0 saturated heterocycles. The summed E-state index contributed by atoms with van der Waals surface area (Å²) in [6, 6.07) is 31.6. The van der Waals surface area contributed by atoms with Crippen LogP contribution in [0.15, 0.2) is 114 Å². The van der Waals surface area contributed by atoms with Gasteiger partial charge in [-0.3, -0.25) is 9.69 Å². The molecule has 1 amide bonds. The third-order valence-electron chi connectivity index (χ3n) is 6.50. The van der Waals surface area contributed by atoms with E-state index in [-0.39, 0.29) is 23.4 Å². The van der Waals surface area contributed by atoms with Crippen molar-refractivity contribution in [2.24, 2.45) is 0 Å². The Labute approximate surface area is 228 Å². The van der Waals surface area contributed by atoms with Crippen LogP contribution >= 0.6 is 0 Å². The first-order chi connectivity index (χ1) is 18.8. The molecule has 39 heavy (non-hydrogen) atoms. The van der Waals surface area contributed by atoms with Crippen LogP contribution in [0.1, 0.15) is 34.5 Å². The lowest BCUT2D eigenvalue weighted by Gasteiger charge is -2.23. The van der Waals surface area contributed by atoms with E-state index in [1.807, 2.05) is 79.7 Å². The van der Waals surface area contributed by atoms with Gasteiger partial charge in [0, 0.05) is 18.0 Å². The summed E-state index contributed by atoms with van der Waals surface area (Å²) < 4.78 is 23.9. The number of sulfone groups is 1. The molecule has 1 aromatic heterocycles. The number of aromatic nitrogens is 2. The minimum atomic E-state index is -3.33. The van der Waals surface area contributed by atoms with E-state index in [0.717, 1.165) is 21.9 Å². The third-order valence-corrected chi connectivity index (χ3v) is 7.62. The first kappa shape index (κ1) is 26.1. The molecule has 0 saturated carbocycles. The Morgan fingerprint density at radius 1 is 0.872 bits per heavy atom. The number of anilines is 2. The summed E-state index contributed by atoms with van der Waals surface area (Å²) in [5.41, 5.74) is 2.37. The SMILES string of the molecule is C[C@H](Nc1nccc(N(Cc2ccc(S(C)(=O)=O)cc2)C(=O)c2ccc3ccccc3c2)n1)c1ccccc1. The van der Waals surface area contributed by atoms with E-state index in [4.69, 9.17) is 0 Å². The van der Waals surface area contributed by atoms with Gasteiger partial charge < -0.3 is 5.32 Å². The molecule has 7 nitrogen and oxygen atoms in total. The average molecular weight is 537 g/mol. The molecule has 0 radical (unpaired) electrons. The van der Waals surface area contributed by atoms with Crippen LogP contribution in [0, 0.1) is 0 Å². The predicted molar refractivity (Wildman–Crippen MR) is 155 cm³/mol. The number of hydrogen-bond donors (Lipinski definition) is 1. The number of nitrogens with one attached hydrogen (secondary N) is 1. The van der Waals surface area contributed by atoms with Crippen LogP contribution in [0.2, 0.25) is 0 Å². The Morgan fingerprint density at radius 2 is 1.56 bits per heavy atom.